The molecule has 1 aromatic rings. The molecule has 2 rings (SSSR count). The van der Waals surface area contributed by atoms with E-state index < -0.39 is 0 Å². The van der Waals surface area contributed by atoms with Crippen LogP contribution in [-0.4, -0.2) is 62.2 Å². The van der Waals surface area contributed by atoms with Gasteiger partial charge in [0.05, 0.1) is 33.0 Å². The second-order valence-electron chi connectivity index (χ2n) is 7.14. The van der Waals surface area contributed by atoms with Crippen LogP contribution >= 0.6 is 0 Å². The van der Waals surface area contributed by atoms with E-state index in [9.17, 15) is 5.11 Å². The van der Waals surface area contributed by atoms with Crippen molar-refractivity contribution in [2.45, 2.75) is 64.2 Å². The molecule has 0 aliphatic heterocycles. The van der Waals surface area contributed by atoms with E-state index in [1.807, 2.05) is 19.1 Å². The summed E-state index contributed by atoms with van der Waals surface area (Å²) in [5, 5.41) is 9.78. The highest BCUT2D eigenvalue weighted by Gasteiger charge is 2.30. The number of likely N-dealkylation sites (N-methyl/N-ethyl adjacent to an activating group) is 1. The van der Waals surface area contributed by atoms with E-state index in [1.165, 1.54) is 18.4 Å². The van der Waals surface area contributed by atoms with Gasteiger partial charge in [-0.05, 0) is 50.4 Å². The van der Waals surface area contributed by atoms with Crippen molar-refractivity contribution in [1.29, 1.82) is 0 Å². The molecule has 0 aromatic heterocycles. The SMILES string of the molecule is CCN(C[C@@H](C)O)[C@@H]1CCCC[C@H]1OCCc1ccc(OC)c(OC)c1. The molecule has 3 atom stereocenters. The highest BCUT2D eigenvalue weighted by molar-refractivity contribution is 5.42. The molecule has 0 radical (unpaired) electrons. The molecule has 5 heteroatoms. The average Bonchev–Trinajstić information content (AvgIpc) is 2.66. The van der Waals surface area contributed by atoms with Crippen LogP contribution in [0.1, 0.15) is 45.1 Å². The van der Waals surface area contributed by atoms with Crippen molar-refractivity contribution in [3.63, 3.8) is 0 Å². The molecule has 0 amide bonds. The number of ether oxygens (including phenoxy) is 3. The molecule has 26 heavy (non-hydrogen) atoms. The van der Waals surface area contributed by atoms with Crippen molar-refractivity contribution in [2.75, 3.05) is 33.9 Å². The van der Waals surface area contributed by atoms with Crippen molar-refractivity contribution >= 4 is 0 Å². The normalized spacial score (nSPS) is 21.6. The van der Waals surface area contributed by atoms with Crippen LogP contribution in [0, 0.1) is 0 Å². The predicted molar refractivity (Wildman–Crippen MR) is 104 cm³/mol. The van der Waals surface area contributed by atoms with E-state index in [2.05, 4.69) is 17.9 Å². The minimum atomic E-state index is -0.302. The number of hydrogen-bond donors (Lipinski definition) is 1. The molecule has 1 aliphatic carbocycles. The third-order valence-electron chi connectivity index (χ3n) is 5.21. The molecule has 1 aliphatic rings. The van der Waals surface area contributed by atoms with Crippen molar-refractivity contribution in [2.24, 2.45) is 0 Å². The van der Waals surface area contributed by atoms with Crippen LogP contribution < -0.4 is 9.47 Å². The van der Waals surface area contributed by atoms with Crippen LogP contribution in [0.5, 0.6) is 11.5 Å². The third-order valence-corrected chi connectivity index (χ3v) is 5.21. The van der Waals surface area contributed by atoms with Crippen LogP contribution in [0.2, 0.25) is 0 Å². The highest BCUT2D eigenvalue weighted by atomic mass is 16.5. The Morgan fingerprint density at radius 1 is 1.15 bits per heavy atom. The lowest BCUT2D eigenvalue weighted by Crippen LogP contribution is -2.49. The standard InChI is InChI=1S/C21H35NO4/c1-5-22(15-16(2)23)18-8-6-7-9-19(18)26-13-12-17-10-11-20(24-3)21(14-17)25-4/h10-11,14,16,18-19,23H,5-9,12-13,15H2,1-4H3/t16-,18-,19-/m1/s1. The van der Waals surface area contributed by atoms with Crippen LogP contribution in [-0.2, 0) is 11.2 Å². The zero-order valence-corrected chi connectivity index (χ0v) is 16.7. The molecule has 0 heterocycles. The summed E-state index contributed by atoms with van der Waals surface area (Å²) in [5.41, 5.74) is 1.19. The largest absolute Gasteiger partial charge is 0.493 e. The van der Waals surface area contributed by atoms with E-state index in [0.717, 1.165) is 43.9 Å². The maximum atomic E-state index is 9.78. The first-order chi connectivity index (χ1) is 12.6. The average molecular weight is 366 g/mol. The van der Waals surface area contributed by atoms with E-state index in [0.29, 0.717) is 12.6 Å². The first-order valence-electron chi connectivity index (χ1n) is 9.83. The summed E-state index contributed by atoms with van der Waals surface area (Å²) in [7, 11) is 3.31. The molecule has 1 N–H and O–H groups in total. The van der Waals surface area contributed by atoms with E-state index in [-0.39, 0.29) is 12.2 Å². The molecular formula is C21H35NO4. The van der Waals surface area contributed by atoms with Crippen molar-refractivity contribution in [3.8, 4) is 11.5 Å². The zero-order chi connectivity index (χ0) is 18.9. The summed E-state index contributed by atoms with van der Waals surface area (Å²) in [6.07, 6.45) is 5.54. The van der Waals surface area contributed by atoms with Gasteiger partial charge in [0, 0.05) is 12.6 Å². The Hall–Kier alpha value is -1.30. The van der Waals surface area contributed by atoms with Crippen molar-refractivity contribution < 1.29 is 19.3 Å². The van der Waals surface area contributed by atoms with Gasteiger partial charge in [0.25, 0.3) is 0 Å². The van der Waals surface area contributed by atoms with Gasteiger partial charge < -0.3 is 19.3 Å². The summed E-state index contributed by atoms with van der Waals surface area (Å²) < 4.78 is 17.0. The fourth-order valence-electron chi connectivity index (χ4n) is 3.89. The first kappa shape index (κ1) is 21.0. The summed E-state index contributed by atoms with van der Waals surface area (Å²) >= 11 is 0. The summed E-state index contributed by atoms with van der Waals surface area (Å²) in [5.74, 6) is 1.51. The Kier molecular flexibility index (Phi) is 8.69. The molecule has 1 saturated carbocycles. The number of rotatable bonds is 10. The molecule has 1 fully saturated rings. The number of benzene rings is 1. The number of methoxy groups -OCH3 is 2. The van der Waals surface area contributed by atoms with Crippen LogP contribution in [0.3, 0.4) is 0 Å². The monoisotopic (exact) mass is 365 g/mol. The minimum absolute atomic E-state index is 0.252. The first-order valence-corrected chi connectivity index (χ1v) is 9.83. The molecule has 0 bridgehead atoms. The highest BCUT2D eigenvalue weighted by Crippen LogP contribution is 2.29. The molecule has 1 aromatic carbocycles. The third kappa shape index (κ3) is 5.86. The van der Waals surface area contributed by atoms with Gasteiger partial charge in [-0.2, -0.15) is 0 Å². The van der Waals surface area contributed by atoms with Gasteiger partial charge in [0.15, 0.2) is 11.5 Å². The molecule has 0 saturated heterocycles. The van der Waals surface area contributed by atoms with Gasteiger partial charge in [-0.3, -0.25) is 4.90 Å². The fraction of sp³-hybridized carbons (Fsp3) is 0.714. The Labute approximate surface area is 158 Å². The van der Waals surface area contributed by atoms with Gasteiger partial charge in [0.2, 0.25) is 0 Å². The smallest absolute Gasteiger partial charge is 0.160 e. The van der Waals surface area contributed by atoms with Gasteiger partial charge in [0.1, 0.15) is 0 Å². The summed E-state index contributed by atoms with van der Waals surface area (Å²) in [6, 6.07) is 6.44. The Balaban J connectivity index is 1.92. The van der Waals surface area contributed by atoms with Crippen molar-refractivity contribution in [1.82, 2.24) is 4.90 Å². The van der Waals surface area contributed by atoms with Crippen LogP contribution in [0.15, 0.2) is 18.2 Å². The molecular weight excluding hydrogens is 330 g/mol. The molecule has 5 nitrogen and oxygen atoms in total. The van der Waals surface area contributed by atoms with E-state index in [4.69, 9.17) is 14.2 Å². The number of hydrogen-bond acceptors (Lipinski definition) is 5. The number of aliphatic hydroxyl groups is 1. The van der Waals surface area contributed by atoms with Gasteiger partial charge in [-0.15, -0.1) is 0 Å². The fourth-order valence-corrected chi connectivity index (χ4v) is 3.89. The molecule has 148 valence electrons. The molecule has 0 spiro atoms. The minimum Gasteiger partial charge on any atom is -0.493 e. The Morgan fingerprint density at radius 3 is 2.54 bits per heavy atom. The van der Waals surface area contributed by atoms with Gasteiger partial charge in [-0.1, -0.05) is 25.8 Å². The summed E-state index contributed by atoms with van der Waals surface area (Å²) in [6.45, 7) is 6.39. The number of aliphatic hydroxyl groups excluding tert-OH is 1. The van der Waals surface area contributed by atoms with Crippen molar-refractivity contribution in [3.05, 3.63) is 23.8 Å². The van der Waals surface area contributed by atoms with Gasteiger partial charge in [-0.25, -0.2) is 0 Å². The Bertz CT molecular complexity index is 535. The number of nitrogens with zero attached hydrogens (tertiary/aromatic N) is 1. The maximum absolute atomic E-state index is 9.78. The van der Waals surface area contributed by atoms with Gasteiger partial charge >= 0.3 is 0 Å². The van der Waals surface area contributed by atoms with Crippen LogP contribution in [0.25, 0.3) is 0 Å². The van der Waals surface area contributed by atoms with E-state index >= 15 is 0 Å². The Morgan fingerprint density at radius 2 is 1.88 bits per heavy atom. The van der Waals surface area contributed by atoms with E-state index in [1.54, 1.807) is 14.2 Å². The topological polar surface area (TPSA) is 51.2 Å². The second-order valence-corrected chi connectivity index (χ2v) is 7.14. The molecule has 0 unspecified atom stereocenters. The lowest BCUT2D eigenvalue weighted by molar-refractivity contribution is -0.0427. The predicted octanol–water partition coefficient (Wildman–Crippen LogP) is 3.28. The van der Waals surface area contributed by atoms with Crippen LogP contribution in [0.4, 0.5) is 0 Å². The lowest BCUT2D eigenvalue weighted by Gasteiger charge is -2.40. The second kappa shape index (κ2) is 10.8. The summed E-state index contributed by atoms with van der Waals surface area (Å²) in [4.78, 5) is 2.38. The quantitative estimate of drug-likeness (QED) is 0.690. The lowest BCUT2D eigenvalue weighted by atomic mass is 9.91. The zero-order valence-electron chi connectivity index (χ0n) is 16.7. The maximum Gasteiger partial charge on any atom is 0.160 e.